The van der Waals surface area contributed by atoms with Crippen molar-refractivity contribution in [2.45, 2.75) is 18.2 Å². The summed E-state index contributed by atoms with van der Waals surface area (Å²) in [4.78, 5) is 4.58. The van der Waals surface area contributed by atoms with Crippen molar-refractivity contribution >= 4 is 11.8 Å². The van der Waals surface area contributed by atoms with Crippen LogP contribution in [0.1, 0.15) is 18.9 Å². The minimum absolute atomic E-state index is 0.0383. The molecule has 0 atom stereocenters. The summed E-state index contributed by atoms with van der Waals surface area (Å²) in [5, 5.41) is 18.0. The van der Waals surface area contributed by atoms with Crippen molar-refractivity contribution in [3.63, 3.8) is 0 Å². The van der Waals surface area contributed by atoms with Gasteiger partial charge in [-0.1, -0.05) is 6.92 Å². The first kappa shape index (κ1) is 9.87. The van der Waals surface area contributed by atoms with Crippen LogP contribution in [0.3, 0.4) is 0 Å². The van der Waals surface area contributed by atoms with Crippen LogP contribution in [0.5, 0.6) is 5.75 Å². The number of hydrogen-bond acceptors (Lipinski definition) is 4. The lowest BCUT2D eigenvalue weighted by Gasteiger charge is -2.02. The average Bonchev–Trinajstić information content (AvgIpc) is 2.15. The Bertz CT molecular complexity index is 333. The van der Waals surface area contributed by atoms with Crippen molar-refractivity contribution in [1.82, 2.24) is 4.98 Å². The topological polar surface area (TPSA) is 56.9 Å². The Morgan fingerprint density at radius 2 is 2.38 bits per heavy atom. The monoisotopic (exact) mass is 194 g/mol. The maximum absolute atomic E-state index is 9.29. The van der Waals surface area contributed by atoms with Gasteiger partial charge in [0.2, 0.25) is 0 Å². The van der Waals surface area contributed by atoms with Crippen molar-refractivity contribution in [2.24, 2.45) is 0 Å². The minimum Gasteiger partial charge on any atom is -0.505 e. The molecule has 0 spiro atoms. The zero-order valence-electron chi connectivity index (χ0n) is 7.32. The third kappa shape index (κ3) is 2.36. The van der Waals surface area contributed by atoms with Gasteiger partial charge >= 0.3 is 0 Å². The number of nitrogens with zero attached hydrogens (tertiary/aromatic N) is 2. The van der Waals surface area contributed by atoms with E-state index in [2.05, 4.69) is 11.9 Å². The highest BCUT2D eigenvalue weighted by Crippen LogP contribution is 2.27. The second-order valence-electron chi connectivity index (χ2n) is 2.49. The van der Waals surface area contributed by atoms with Gasteiger partial charge in [0.25, 0.3) is 0 Å². The molecule has 1 aromatic rings. The lowest BCUT2D eigenvalue weighted by Crippen LogP contribution is -1.85. The van der Waals surface area contributed by atoms with Gasteiger partial charge < -0.3 is 5.11 Å². The molecule has 0 aliphatic rings. The molecule has 0 radical (unpaired) electrons. The molecule has 0 saturated carbocycles. The highest BCUT2D eigenvalue weighted by atomic mass is 32.2. The normalized spacial score (nSPS) is 9.54. The Morgan fingerprint density at radius 1 is 1.62 bits per heavy atom. The molecule has 0 aliphatic heterocycles. The number of hydrogen-bond donors (Lipinski definition) is 1. The fraction of sp³-hybridized carbons (Fsp3) is 0.333. The molecule has 3 nitrogen and oxygen atoms in total. The maximum Gasteiger partial charge on any atom is 0.152 e. The van der Waals surface area contributed by atoms with E-state index >= 15 is 0 Å². The predicted octanol–water partition coefficient (Wildman–Crippen LogP) is 2.16. The Kier molecular flexibility index (Phi) is 3.59. The van der Waals surface area contributed by atoms with Crippen LogP contribution < -0.4 is 0 Å². The number of nitriles is 1. The summed E-state index contributed by atoms with van der Waals surface area (Å²) in [6.07, 6.45) is 3.93. The van der Waals surface area contributed by atoms with Crippen LogP contribution in [-0.2, 0) is 0 Å². The third-order valence-electron chi connectivity index (χ3n) is 1.46. The van der Waals surface area contributed by atoms with Crippen molar-refractivity contribution in [1.29, 1.82) is 5.26 Å². The van der Waals surface area contributed by atoms with Crippen LogP contribution in [-0.4, -0.2) is 15.8 Å². The molecule has 1 aromatic heterocycles. The largest absolute Gasteiger partial charge is 0.505 e. The zero-order valence-corrected chi connectivity index (χ0v) is 8.14. The predicted molar refractivity (Wildman–Crippen MR) is 51.6 cm³/mol. The van der Waals surface area contributed by atoms with Crippen LogP contribution >= 0.6 is 11.8 Å². The molecule has 1 heterocycles. The highest BCUT2D eigenvalue weighted by molar-refractivity contribution is 7.99. The van der Waals surface area contributed by atoms with E-state index in [1.165, 1.54) is 6.20 Å². The standard InChI is InChI=1S/C9H10N2OS/c1-2-3-13-9-6-11-5-8(12)7(9)4-10/h5-6,12H,2-3H2,1H3. The smallest absolute Gasteiger partial charge is 0.152 e. The molecule has 0 aliphatic carbocycles. The van der Waals surface area contributed by atoms with E-state index in [1.807, 2.05) is 6.07 Å². The summed E-state index contributed by atoms with van der Waals surface area (Å²) in [7, 11) is 0. The van der Waals surface area contributed by atoms with Gasteiger partial charge in [0.1, 0.15) is 11.6 Å². The summed E-state index contributed by atoms with van der Waals surface area (Å²) in [6.45, 7) is 2.06. The fourth-order valence-electron chi connectivity index (χ4n) is 0.865. The van der Waals surface area contributed by atoms with Crippen molar-refractivity contribution in [2.75, 3.05) is 5.75 Å². The Hall–Kier alpha value is -1.21. The summed E-state index contributed by atoms with van der Waals surface area (Å²) in [6, 6.07) is 1.96. The second-order valence-corrected chi connectivity index (χ2v) is 3.63. The van der Waals surface area contributed by atoms with Gasteiger partial charge in [0.15, 0.2) is 5.75 Å². The van der Waals surface area contributed by atoms with Gasteiger partial charge in [0, 0.05) is 11.1 Å². The highest BCUT2D eigenvalue weighted by Gasteiger charge is 2.07. The van der Waals surface area contributed by atoms with Gasteiger partial charge in [-0.25, -0.2) is 0 Å². The van der Waals surface area contributed by atoms with Gasteiger partial charge in [-0.3, -0.25) is 4.98 Å². The van der Waals surface area contributed by atoms with Gasteiger partial charge in [-0.05, 0) is 12.2 Å². The molecule has 1 N–H and O–H groups in total. The number of aromatic hydroxyl groups is 1. The Morgan fingerprint density at radius 3 is 3.00 bits per heavy atom. The molecule has 0 amide bonds. The minimum atomic E-state index is -0.0383. The molecule has 0 saturated heterocycles. The molecule has 0 unspecified atom stereocenters. The van der Waals surface area contributed by atoms with Crippen molar-refractivity contribution in [3.05, 3.63) is 18.0 Å². The summed E-state index contributed by atoms with van der Waals surface area (Å²) in [5.41, 5.74) is 0.327. The fourth-order valence-corrected chi connectivity index (χ4v) is 1.72. The van der Waals surface area contributed by atoms with Crippen molar-refractivity contribution in [3.8, 4) is 11.8 Å². The second kappa shape index (κ2) is 4.73. The number of rotatable bonds is 3. The molecule has 1 rings (SSSR count). The molecular weight excluding hydrogens is 184 g/mol. The molecule has 4 heteroatoms. The molecule has 13 heavy (non-hydrogen) atoms. The van der Waals surface area contributed by atoms with Crippen LogP contribution in [0, 0.1) is 11.3 Å². The number of aromatic nitrogens is 1. The summed E-state index contributed by atoms with van der Waals surface area (Å²) in [5.74, 6) is 0.892. The summed E-state index contributed by atoms with van der Waals surface area (Å²) < 4.78 is 0. The molecule has 0 bridgehead atoms. The van der Waals surface area contributed by atoms with E-state index in [1.54, 1.807) is 18.0 Å². The Labute approximate surface area is 81.4 Å². The molecule has 68 valence electrons. The quantitative estimate of drug-likeness (QED) is 0.749. The SMILES string of the molecule is CCCSc1cncc(O)c1C#N. The zero-order chi connectivity index (χ0) is 9.68. The van der Waals surface area contributed by atoms with Crippen LogP contribution in [0.4, 0.5) is 0 Å². The average molecular weight is 194 g/mol. The van der Waals surface area contributed by atoms with E-state index in [4.69, 9.17) is 5.26 Å². The molecule has 0 aromatic carbocycles. The van der Waals surface area contributed by atoms with Crippen LogP contribution in [0.2, 0.25) is 0 Å². The third-order valence-corrected chi connectivity index (χ3v) is 2.70. The summed E-state index contributed by atoms with van der Waals surface area (Å²) >= 11 is 1.54. The van der Waals surface area contributed by atoms with E-state index in [0.717, 1.165) is 17.1 Å². The van der Waals surface area contributed by atoms with Crippen LogP contribution in [0.25, 0.3) is 0 Å². The van der Waals surface area contributed by atoms with Crippen LogP contribution in [0.15, 0.2) is 17.3 Å². The van der Waals surface area contributed by atoms with Gasteiger partial charge in [-0.2, -0.15) is 5.26 Å². The van der Waals surface area contributed by atoms with E-state index in [0.29, 0.717) is 5.56 Å². The Balaban J connectivity index is 2.93. The van der Waals surface area contributed by atoms with Gasteiger partial charge in [-0.15, -0.1) is 11.8 Å². The lowest BCUT2D eigenvalue weighted by atomic mass is 10.3. The van der Waals surface area contributed by atoms with E-state index in [9.17, 15) is 5.11 Å². The van der Waals surface area contributed by atoms with Crippen molar-refractivity contribution < 1.29 is 5.11 Å². The first-order valence-corrected chi connectivity index (χ1v) is 4.98. The van der Waals surface area contributed by atoms with E-state index < -0.39 is 0 Å². The number of pyridine rings is 1. The number of thioether (sulfide) groups is 1. The molecular formula is C9H10N2OS. The van der Waals surface area contributed by atoms with Gasteiger partial charge in [0.05, 0.1) is 6.20 Å². The lowest BCUT2D eigenvalue weighted by molar-refractivity contribution is 0.469. The first-order valence-electron chi connectivity index (χ1n) is 3.99. The first-order chi connectivity index (χ1) is 6.29. The van der Waals surface area contributed by atoms with E-state index in [-0.39, 0.29) is 5.75 Å². The molecule has 0 fully saturated rings. The maximum atomic E-state index is 9.29.